The summed E-state index contributed by atoms with van der Waals surface area (Å²) in [6.07, 6.45) is -7.08. The maximum atomic E-state index is 14.3. The van der Waals surface area contributed by atoms with Gasteiger partial charge in [-0.15, -0.1) is 0 Å². The van der Waals surface area contributed by atoms with Gasteiger partial charge >= 0.3 is 12.4 Å². The molecule has 2 aliphatic heterocycles. The summed E-state index contributed by atoms with van der Waals surface area (Å²) < 4.78 is 91.5. The van der Waals surface area contributed by atoms with Crippen LogP contribution in [0.1, 0.15) is 52.3 Å². The molecule has 2 aromatic heterocycles. The van der Waals surface area contributed by atoms with Crippen molar-refractivity contribution >= 4 is 16.9 Å². The lowest BCUT2D eigenvalue weighted by atomic mass is 9.88. The summed E-state index contributed by atoms with van der Waals surface area (Å²) in [6, 6.07) is 11.3. The average Bonchev–Trinajstić information content (AvgIpc) is 3.63. The molecule has 7 rings (SSSR count). The number of nitrogens with zero attached hydrogens (tertiary/aromatic N) is 4. The second kappa shape index (κ2) is 12.3. The number of likely N-dealkylation sites (N-methyl/N-ethyl adjacent to an activating group) is 1. The highest BCUT2D eigenvalue weighted by atomic mass is 19.4. The summed E-state index contributed by atoms with van der Waals surface area (Å²) in [4.78, 5) is 25.9. The normalized spacial score (nSPS) is 20.0. The molecular weight excluding hydrogens is 652 g/mol. The molecule has 1 aliphatic carbocycles. The van der Waals surface area contributed by atoms with Crippen LogP contribution in [0.15, 0.2) is 54.7 Å². The number of carbonyl (C=O) groups excluding carboxylic acids is 1. The number of aliphatic hydroxyl groups is 1. The average molecular weight is 688 g/mol. The molecule has 49 heavy (non-hydrogen) atoms. The van der Waals surface area contributed by atoms with E-state index in [-0.39, 0.29) is 41.1 Å². The first-order valence-corrected chi connectivity index (χ1v) is 16.1. The van der Waals surface area contributed by atoms with Crippen LogP contribution < -0.4 is 4.74 Å². The molecule has 1 saturated heterocycles. The van der Waals surface area contributed by atoms with E-state index >= 15 is 0 Å². The van der Waals surface area contributed by atoms with Crippen LogP contribution in [0, 0.1) is 0 Å². The van der Waals surface area contributed by atoms with Crippen molar-refractivity contribution in [2.24, 2.45) is 0 Å². The second-order valence-electron chi connectivity index (χ2n) is 13.4. The van der Waals surface area contributed by atoms with E-state index in [1.54, 1.807) is 12.1 Å². The molecule has 2 fully saturated rings. The predicted molar refractivity (Wildman–Crippen MR) is 168 cm³/mol. The number of hydrogen-bond acceptors (Lipinski definition) is 6. The topological polar surface area (TPSA) is 84.9 Å². The minimum Gasteiger partial charge on any atom is -0.457 e. The summed E-state index contributed by atoms with van der Waals surface area (Å²) in [5, 5.41) is 11.1. The minimum atomic E-state index is -4.67. The largest absolute Gasteiger partial charge is 0.457 e. The van der Waals surface area contributed by atoms with Crippen LogP contribution in [0.5, 0.6) is 11.5 Å². The van der Waals surface area contributed by atoms with E-state index in [0.29, 0.717) is 48.4 Å². The van der Waals surface area contributed by atoms with Gasteiger partial charge in [-0.1, -0.05) is 18.2 Å². The fourth-order valence-electron chi connectivity index (χ4n) is 6.71. The van der Waals surface area contributed by atoms with Gasteiger partial charge in [-0.05, 0) is 72.5 Å². The Balaban J connectivity index is 1.11. The standard InChI is InChI=1S/C35H35F6N5O3/c1-44-10-12-45(13-11-44)18-22-3-2-21(14-27(22)34(36,37)38)15-31(47)46-19-23-16-24(4-5-25(23)28(20-46)35(39,40)41)49-29-6-9-42-32-26(29)17-30(43-32)33(48)7-8-33/h2-6,9,14,16-17,28,48H,7-8,10-13,15,18-20H2,1H3,(H,42,43). The lowest BCUT2D eigenvalue weighted by Crippen LogP contribution is -2.44. The quantitative estimate of drug-likeness (QED) is 0.221. The number of nitrogens with one attached hydrogen (secondary N) is 1. The van der Waals surface area contributed by atoms with Crippen molar-refractivity contribution in [3.63, 3.8) is 0 Å². The number of piperazine rings is 1. The van der Waals surface area contributed by atoms with E-state index in [4.69, 9.17) is 4.74 Å². The van der Waals surface area contributed by atoms with Crippen molar-refractivity contribution in [3.05, 3.63) is 88.2 Å². The lowest BCUT2D eigenvalue weighted by Gasteiger charge is -2.36. The molecule has 14 heteroatoms. The number of pyridine rings is 1. The zero-order chi connectivity index (χ0) is 34.7. The summed E-state index contributed by atoms with van der Waals surface area (Å²) in [7, 11) is 1.95. The Morgan fingerprint density at radius 3 is 2.47 bits per heavy atom. The molecule has 1 amide bonds. The highest BCUT2D eigenvalue weighted by Crippen LogP contribution is 2.47. The van der Waals surface area contributed by atoms with Crippen molar-refractivity contribution in [1.29, 1.82) is 0 Å². The van der Waals surface area contributed by atoms with Gasteiger partial charge in [0.2, 0.25) is 5.91 Å². The van der Waals surface area contributed by atoms with Crippen LogP contribution in [0.2, 0.25) is 0 Å². The fourth-order valence-corrected chi connectivity index (χ4v) is 6.71. The predicted octanol–water partition coefficient (Wildman–Crippen LogP) is 6.33. The number of aromatic amines is 1. The third-order valence-corrected chi connectivity index (χ3v) is 9.77. The highest BCUT2D eigenvalue weighted by molar-refractivity contribution is 5.84. The molecule has 0 radical (unpaired) electrons. The number of aromatic nitrogens is 2. The Hall–Kier alpha value is -4.14. The van der Waals surface area contributed by atoms with Gasteiger partial charge in [0.1, 0.15) is 22.7 Å². The number of carbonyl (C=O) groups is 1. The fraction of sp³-hybridized carbons (Fsp3) is 0.429. The number of rotatable bonds is 7. The zero-order valence-electron chi connectivity index (χ0n) is 26.7. The molecule has 0 bridgehead atoms. The van der Waals surface area contributed by atoms with Gasteiger partial charge in [0.05, 0.1) is 23.3 Å². The first-order valence-electron chi connectivity index (χ1n) is 16.1. The molecule has 260 valence electrons. The Labute approximate surface area is 278 Å². The molecule has 1 saturated carbocycles. The first-order chi connectivity index (χ1) is 23.2. The van der Waals surface area contributed by atoms with Crippen molar-refractivity contribution in [3.8, 4) is 11.5 Å². The maximum Gasteiger partial charge on any atom is 0.416 e. The van der Waals surface area contributed by atoms with Crippen LogP contribution in [-0.2, 0) is 36.1 Å². The Morgan fingerprint density at radius 2 is 1.78 bits per heavy atom. The summed E-state index contributed by atoms with van der Waals surface area (Å²) in [5.41, 5.74) is -0.285. The van der Waals surface area contributed by atoms with Crippen LogP contribution in [0.25, 0.3) is 11.0 Å². The third-order valence-electron chi connectivity index (χ3n) is 9.77. The molecule has 4 aromatic rings. The van der Waals surface area contributed by atoms with Gasteiger partial charge in [-0.3, -0.25) is 9.69 Å². The van der Waals surface area contributed by atoms with Gasteiger partial charge in [0.25, 0.3) is 0 Å². The summed E-state index contributed by atoms with van der Waals surface area (Å²) in [6.45, 7) is 2.03. The first kappa shape index (κ1) is 33.4. The third kappa shape index (κ3) is 6.99. The Morgan fingerprint density at radius 1 is 1.02 bits per heavy atom. The number of halogens is 6. The molecule has 4 heterocycles. The number of amides is 1. The lowest BCUT2D eigenvalue weighted by molar-refractivity contribution is -0.161. The molecule has 3 aliphatic rings. The van der Waals surface area contributed by atoms with Gasteiger partial charge in [-0.25, -0.2) is 4.98 Å². The SMILES string of the molecule is CN1CCN(Cc2ccc(CC(=O)N3Cc4cc(Oc5ccnc6[nH]c(C7(O)CC7)cc56)ccc4C(C(F)(F)F)C3)cc2C(F)(F)F)CC1. The zero-order valence-corrected chi connectivity index (χ0v) is 26.7. The van der Waals surface area contributed by atoms with Gasteiger partial charge < -0.3 is 24.6 Å². The van der Waals surface area contributed by atoms with Gasteiger partial charge in [0.15, 0.2) is 0 Å². The molecule has 1 atom stereocenters. The van der Waals surface area contributed by atoms with Crippen molar-refractivity contribution < 1.29 is 41.0 Å². The van der Waals surface area contributed by atoms with Gasteiger partial charge in [-0.2, -0.15) is 26.3 Å². The van der Waals surface area contributed by atoms with Crippen LogP contribution >= 0.6 is 0 Å². The van der Waals surface area contributed by atoms with Crippen LogP contribution in [-0.4, -0.2) is 81.6 Å². The molecule has 0 spiro atoms. The molecule has 2 N–H and O–H groups in total. The van der Waals surface area contributed by atoms with E-state index in [1.807, 2.05) is 11.9 Å². The monoisotopic (exact) mass is 687 g/mol. The number of fused-ring (bicyclic) bond motifs is 2. The number of hydrogen-bond donors (Lipinski definition) is 2. The van der Waals surface area contributed by atoms with Crippen molar-refractivity contribution in [2.75, 3.05) is 39.8 Å². The van der Waals surface area contributed by atoms with Gasteiger partial charge in [0, 0.05) is 57.7 Å². The molecule has 1 unspecified atom stereocenters. The summed E-state index contributed by atoms with van der Waals surface area (Å²) in [5.74, 6) is -2.07. The van der Waals surface area contributed by atoms with Crippen LogP contribution in [0.3, 0.4) is 0 Å². The maximum absolute atomic E-state index is 14.3. The highest BCUT2D eigenvalue weighted by Gasteiger charge is 2.46. The smallest absolute Gasteiger partial charge is 0.416 e. The van der Waals surface area contributed by atoms with E-state index in [9.17, 15) is 36.2 Å². The number of benzene rings is 2. The number of ether oxygens (including phenoxy) is 1. The second-order valence-corrected chi connectivity index (χ2v) is 13.4. The summed E-state index contributed by atoms with van der Waals surface area (Å²) >= 11 is 0. The van der Waals surface area contributed by atoms with E-state index in [1.165, 1.54) is 36.5 Å². The Bertz CT molecular complexity index is 1880. The number of alkyl halides is 6. The Kier molecular flexibility index (Phi) is 8.39. The van der Waals surface area contributed by atoms with Crippen LogP contribution in [0.4, 0.5) is 26.3 Å². The van der Waals surface area contributed by atoms with E-state index < -0.39 is 48.3 Å². The van der Waals surface area contributed by atoms with E-state index in [2.05, 4.69) is 14.9 Å². The van der Waals surface area contributed by atoms with E-state index in [0.717, 1.165) is 24.1 Å². The minimum absolute atomic E-state index is 0.0104. The number of H-pyrrole nitrogens is 1. The molecule has 8 nitrogen and oxygen atoms in total. The molecule has 2 aromatic carbocycles. The van der Waals surface area contributed by atoms with Crippen molar-refractivity contribution in [2.45, 2.75) is 56.2 Å². The van der Waals surface area contributed by atoms with Crippen molar-refractivity contribution in [1.82, 2.24) is 24.7 Å². The molecular formula is C35H35F6N5O3.